The highest BCUT2D eigenvalue weighted by Crippen LogP contribution is 2.32. The topological polar surface area (TPSA) is 108 Å². The van der Waals surface area contributed by atoms with Gasteiger partial charge in [-0.3, -0.25) is 14.2 Å². The zero-order chi connectivity index (χ0) is 27.4. The molecule has 1 atom stereocenters. The van der Waals surface area contributed by atoms with Crippen molar-refractivity contribution in [3.05, 3.63) is 75.8 Å². The summed E-state index contributed by atoms with van der Waals surface area (Å²) in [5.41, 5.74) is 1.85. The molecular formula is C28H31N5O5S. The zero-order valence-electron chi connectivity index (χ0n) is 22.2. The normalized spacial score (nSPS) is 15.1. The van der Waals surface area contributed by atoms with E-state index in [0.29, 0.717) is 40.4 Å². The van der Waals surface area contributed by atoms with Gasteiger partial charge >= 0.3 is 0 Å². The van der Waals surface area contributed by atoms with Crippen LogP contribution in [0.4, 0.5) is 5.13 Å². The Morgan fingerprint density at radius 2 is 1.92 bits per heavy atom. The van der Waals surface area contributed by atoms with E-state index in [0.717, 1.165) is 24.0 Å². The Morgan fingerprint density at radius 3 is 2.67 bits per heavy atom. The summed E-state index contributed by atoms with van der Waals surface area (Å²) >= 11 is 1.33. The number of nitrogens with one attached hydrogen (secondary N) is 1. The van der Waals surface area contributed by atoms with Gasteiger partial charge in [-0.05, 0) is 30.5 Å². The van der Waals surface area contributed by atoms with Crippen LogP contribution in [0.5, 0.6) is 11.5 Å². The van der Waals surface area contributed by atoms with Gasteiger partial charge in [0.15, 0.2) is 15.5 Å². The van der Waals surface area contributed by atoms with Crippen molar-refractivity contribution in [3.8, 4) is 11.5 Å². The van der Waals surface area contributed by atoms with Gasteiger partial charge in [0.2, 0.25) is 5.91 Å². The molecule has 1 aliphatic rings. The molecule has 10 nitrogen and oxygen atoms in total. The van der Waals surface area contributed by atoms with Crippen LogP contribution < -0.4 is 25.2 Å². The maximum absolute atomic E-state index is 13.7. The third-order valence-corrected chi connectivity index (χ3v) is 7.78. The Balaban J connectivity index is 1.44. The van der Waals surface area contributed by atoms with Crippen LogP contribution in [0.1, 0.15) is 29.8 Å². The van der Waals surface area contributed by atoms with E-state index in [1.807, 2.05) is 47.4 Å². The largest absolute Gasteiger partial charge is 0.497 e. The average Bonchev–Trinajstić information content (AvgIpc) is 3.62. The van der Waals surface area contributed by atoms with Gasteiger partial charge in [-0.1, -0.05) is 41.7 Å². The minimum atomic E-state index is -0.349. The molecule has 4 aromatic rings. The SMILES string of the molecule is COCc1nc2sc(N3CCC[C@@H]3C(=O)NCc3ccccc3)nc2c(=O)n1Cc1ccc(OC)cc1OC. The van der Waals surface area contributed by atoms with Crippen LogP contribution in [-0.2, 0) is 29.2 Å². The van der Waals surface area contributed by atoms with Crippen LogP contribution in [0.15, 0.2) is 53.3 Å². The summed E-state index contributed by atoms with van der Waals surface area (Å²) in [7, 11) is 4.73. The van der Waals surface area contributed by atoms with Gasteiger partial charge in [0.1, 0.15) is 30.0 Å². The number of anilines is 1. The number of hydrogen-bond acceptors (Lipinski definition) is 9. The van der Waals surface area contributed by atoms with Crippen LogP contribution in [0.25, 0.3) is 10.3 Å². The molecular weight excluding hydrogens is 518 g/mol. The second-order valence-corrected chi connectivity index (χ2v) is 10.2. The predicted octanol–water partition coefficient (Wildman–Crippen LogP) is 3.35. The average molecular weight is 550 g/mol. The summed E-state index contributed by atoms with van der Waals surface area (Å²) in [5.74, 6) is 1.70. The first-order valence-electron chi connectivity index (χ1n) is 12.7. The number of benzene rings is 2. The quantitative estimate of drug-likeness (QED) is 0.321. The molecule has 39 heavy (non-hydrogen) atoms. The van der Waals surface area contributed by atoms with Crippen LogP contribution >= 0.6 is 11.3 Å². The molecule has 11 heteroatoms. The van der Waals surface area contributed by atoms with Crippen molar-refractivity contribution in [2.24, 2.45) is 0 Å². The van der Waals surface area contributed by atoms with E-state index in [2.05, 4.69) is 5.32 Å². The van der Waals surface area contributed by atoms with Crippen molar-refractivity contribution < 1.29 is 19.0 Å². The fraction of sp³-hybridized carbons (Fsp3) is 0.357. The van der Waals surface area contributed by atoms with Gasteiger partial charge in [-0.2, -0.15) is 0 Å². The predicted molar refractivity (Wildman–Crippen MR) is 150 cm³/mol. The maximum Gasteiger partial charge on any atom is 0.281 e. The highest BCUT2D eigenvalue weighted by Gasteiger charge is 2.33. The third kappa shape index (κ3) is 5.59. The summed E-state index contributed by atoms with van der Waals surface area (Å²) in [6.45, 7) is 1.54. The Hall–Kier alpha value is -3.96. The summed E-state index contributed by atoms with van der Waals surface area (Å²) in [6, 6.07) is 14.9. The summed E-state index contributed by atoms with van der Waals surface area (Å²) < 4.78 is 17.8. The number of aromatic nitrogens is 3. The maximum atomic E-state index is 13.7. The zero-order valence-corrected chi connectivity index (χ0v) is 23.0. The molecule has 1 fully saturated rings. The lowest BCUT2D eigenvalue weighted by Crippen LogP contribution is -2.43. The van der Waals surface area contributed by atoms with Crippen molar-refractivity contribution >= 4 is 32.7 Å². The Kier molecular flexibility index (Phi) is 8.08. The first-order valence-corrected chi connectivity index (χ1v) is 13.5. The first-order chi connectivity index (χ1) is 19.0. The molecule has 0 unspecified atom stereocenters. The van der Waals surface area contributed by atoms with E-state index in [4.69, 9.17) is 24.2 Å². The van der Waals surface area contributed by atoms with Gasteiger partial charge in [0.05, 0.1) is 20.8 Å². The first kappa shape index (κ1) is 26.6. The van der Waals surface area contributed by atoms with Crippen LogP contribution in [0, 0.1) is 0 Å². The fourth-order valence-corrected chi connectivity index (χ4v) is 5.81. The van der Waals surface area contributed by atoms with Crippen LogP contribution in [-0.4, -0.2) is 54.4 Å². The van der Waals surface area contributed by atoms with E-state index in [9.17, 15) is 9.59 Å². The van der Waals surface area contributed by atoms with Crippen molar-refractivity contribution in [1.82, 2.24) is 19.9 Å². The van der Waals surface area contributed by atoms with Gasteiger partial charge in [0, 0.05) is 31.8 Å². The molecule has 0 aliphatic carbocycles. The molecule has 2 aromatic carbocycles. The minimum Gasteiger partial charge on any atom is -0.497 e. The summed E-state index contributed by atoms with van der Waals surface area (Å²) in [6.07, 6.45) is 1.59. The molecule has 2 aromatic heterocycles. The summed E-state index contributed by atoms with van der Waals surface area (Å²) in [5, 5.41) is 3.66. The number of nitrogens with zero attached hydrogens (tertiary/aromatic N) is 4. The van der Waals surface area contributed by atoms with E-state index in [-0.39, 0.29) is 36.2 Å². The number of carbonyl (C=O) groups excluding carboxylic acids is 1. The standard InChI is InChI=1S/C28H31N5O5S/c1-36-17-23-30-26-24(27(35)33(23)16-19-11-12-20(37-2)14-22(19)38-3)31-28(39-26)32-13-7-10-21(32)25(34)29-15-18-8-5-4-6-9-18/h4-6,8-9,11-12,14,21H,7,10,13,15-17H2,1-3H3,(H,29,34)/t21-/m1/s1. The molecule has 0 bridgehead atoms. The highest BCUT2D eigenvalue weighted by molar-refractivity contribution is 7.21. The Bertz CT molecular complexity index is 1520. The highest BCUT2D eigenvalue weighted by atomic mass is 32.1. The number of hydrogen-bond donors (Lipinski definition) is 1. The van der Waals surface area contributed by atoms with Gasteiger partial charge < -0.3 is 24.4 Å². The monoisotopic (exact) mass is 549 g/mol. The Morgan fingerprint density at radius 1 is 1.10 bits per heavy atom. The van der Waals surface area contributed by atoms with Crippen LogP contribution in [0.3, 0.4) is 0 Å². The number of ether oxygens (including phenoxy) is 3. The lowest BCUT2D eigenvalue weighted by atomic mass is 10.2. The molecule has 0 saturated carbocycles. The molecule has 3 heterocycles. The molecule has 1 saturated heterocycles. The Labute approximate surface area is 230 Å². The molecule has 0 radical (unpaired) electrons. The summed E-state index contributed by atoms with van der Waals surface area (Å²) in [4.78, 5) is 38.7. The van der Waals surface area contributed by atoms with E-state index < -0.39 is 0 Å². The second kappa shape index (κ2) is 11.8. The number of methoxy groups -OCH3 is 3. The molecule has 5 rings (SSSR count). The minimum absolute atomic E-state index is 0.0485. The molecule has 1 N–H and O–H groups in total. The molecule has 1 aliphatic heterocycles. The van der Waals surface area contributed by atoms with Crippen molar-refractivity contribution in [3.63, 3.8) is 0 Å². The lowest BCUT2D eigenvalue weighted by Gasteiger charge is -2.23. The van der Waals surface area contributed by atoms with Crippen molar-refractivity contribution in [2.75, 3.05) is 32.8 Å². The lowest BCUT2D eigenvalue weighted by molar-refractivity contribution is -0.122. The molecule has 204 valence electrons. The second-order valence-electron chi connectivity index (χ2n) is 9.24. The van der Waals surface area contributed by atoms with Crippen LogP contribution in [0.2, 0.25) is 0 Å². The fourth-order valence-electron chi connectivity index (χ4n) is 4.79. The number of rotatable bonds is 10. The van der Waals surface area contributed by atoms with E-state index in [1.165, 1.54) is 11.3 Å². The van der Waals surface area contributed by atoms with Crippen molar-refractivity contribution in [2.45, 2.75) is 38.6 Å². The van der Waals surface area contributed by atoms with Crippen molar-refractivity contribution in [1.29, 1.82) is 0 Å². The smallest absolute Gasteiger partial charge is 0.281 e. The van der Waals surface area contributed by atoms with E-state index in [1.54, 1.807) is 32.0 Å². The number of fused-ring (bicyclic) bond motifs is 1. The third-order valence-electron chi connectivity index (χ3n) is 6.79. The van der Waals surface area contributed by atoms with Gasteiger partial charge in [-0.25, -0.2) is 9.97 Å². The van der Waals surface area contributed by atoms with Gasteiger partial charge in [-0.15, -0.1) is 0 Å². The molecule has 0 spiro atoms. The number of amides is 1. The van der Waals surface area contributed by atoms with Gasteiger partial charge in [0.25, 0.3) is 5.56 Å². The van der Waals surface area contributed by atoms with E-state index >= 15 is 0 Å². The number of thiazole rings is 1. The number of carbonyl (C=O) groups is 1. The molecule has 1 amide bonds.